The summed E-state index contributed by atoms with van der Waals surface area (Å²) in [6, 6.07) is 10.0. The summed E-state index contributed by atoms with van der Waals surface area (Å²) < 4.78 is 9.45. The first-order valence-corrected chi connectivity index (χ1v) is 9.69. The van der Waals surface area contributed by atoms with Crippen molar-refractivity contribution < 1.29 is 4.42 Å². The van der Waals surface area contributed by atoms with E-state index in [-0.39, 0.29) is 0 Å². The van der Waals surface area contributed by atoms with Crippen LogP contribution in [0.25, 0.3) is 17.1 Å². The molecule has 3 aromatic rings. The van der Waals surface area contributed by atoms with Gasteiger partial charge in [-0.1, -0.05) is 25.1 Å². The van der Waals surface area contributed by atoms with Gasteiger partial charge < -0.3 is 9.32 Å². The van der Waals surface area contributed by atoms with Crippen molar-refractivity contribution in [3.63, 3.8) is 0 Å². The summed E-state index contributed by atoms with van der Waals surface area (Å²) in [5, 5.41) is 9.11. The maximum atomic E-state index is 5.79. The maximum absolute atomic E-state index is 5.79. The number of piperazine rings is 1. The smallest absolute Gasteiger partial charge is 0.288 e. The lowest BCUT2D eigenvalue weighted by molar-refractivity contribution is 0.105. The lowest BCUT2D eigenvalue weighted by Crippen LogP contribution is -2.46. The van der Waals surface area contributed by atoms with Crippen molar-refractivity contribution in [3.05, 3.63) is 47.1 Å². The zero-order valence-corrected chi connectivity index (χ0v) is 16.5. The summed E-state index contributed by atoms with van der Waals surface area (Å²) in [6.45, 7) is 10.2. The van der Waals surface area contributed by atoms with E-state index < -0.39 is 0 Å². The van der Waals surface area contributed by atoms with Crippen LogP contribution in [0.1, 0.15) is 12.6 Å². The van der Waals surface area contributed by atoms with E-state index in [4.69, 9.17) is 16.6 Å². The number of hydrogen-bond acceptors (Lipinski definition) is 6. The Labute approximate surface area is 163 Å². The van der Waals surface area contributed by atoms with Gasteiger partial charge in [-0.15, -0.1) is 5.10 Å². The molecule has 0 N–H and O–H groups in total. The van der Waals surface area contributed by atoms with E-state index >= 15 is 0 Å². The largest absolute Gasteiger partial charge is 0.409 e. The third-order valence-corrected chi connectivity index (χ3v) is 5.39. The molecule has 0 saturated carbocycles. The van der Waals surface area contributed by atoms with Crippen LogP contribution in [0, 0.1) is 11.8 Å². The molecule has 8 heteroatoms. The molecule has 142 valence electrons. The van der Waals surface area contributed by atoms with Gasteiger partial charge in [0, 0.05) is 26.2 Å². The van der Waals surface area contributed by atoms with Gasteiger partial charge in [0.15, 0.2) is 0 Å². The maximum Gasteiger partial charge on any atom is 0.288 e. The van der Waals surface area contributed by atoms with Gasteiger partial charge >= 0.3 is 0 Å². The van der Waals surface area contributed by atoms with E-state index in [0.29, 0.717) is 17.4 Å². The molecule has 0 atom stereocenters. The monoisotopic (exact) mass is 384 g/mol. The number of aromatic nitrogens is 4. The molecule has 0 radical (unpaired) electrons. The first-order chi connectivity index (χ1) is 13.2. The fourth-order valence-corrected chi connectivity index (χ4v) is 3.57. The Kier molecular flexibility index (Phi) is 5.20. The van der Waals surface area contributed by atoms with Crippen LogP contribution in [0.15, 0.2) is 40.9 Å². The molecule has 7 nitrogen and oxygen atoms in total. The molecule has 0 aliphatic carbocycles. The lowest BCUT2D eigenvalue weighted by Gasteiger charge is -2.33. The zero-order valence-electron chi connectivity index (χ0n) is 15.7. The number of likely N-dealkylation sites (N-methyl/N-ethyl adjacent to an activating group) is 1. The predicted octanol–water partition coefficient (Wildman–Crippen LogP) is 2.96. The Bertz CT molecular complexity index is 952. The van der Waals surface area contributed by atoms with Crippen LogP contribution in [-0.4, -0.2) is 62.1 Å². The summed E-state index contributed by atoms with van der Waals surface area (Å²) in [4.78, 5) is 5.20. The van der Waals surface area contributed by atoms with E-state index in [1.54, 1.807) is 10.9 Å². The number of para-hydroxylation sites is 1. The molecule has 1 aliphatic heterocycles. The van der Waals surface area contributed by atoms with Crippen molar-refractivity contribution in [2.75, 3.05) is 32.7 Å². The van der Waals surface area contributed by atoms with Gasteiger partial charge in [0.2, 0.25) is 5.89 Å². The van der Waals surface area contributed by atoms with Gasteiger partial charge in [0.05, 0.1) is 29.8 Å². The molecular formula is C19H24N6OS. The van der Waals surface area contributed by atoms with Crippen LogP contribution >= 0.6 is 12.2 Å². The third kappa shape index (κ3) is 3.73. The van der Waals surface area contributed by atoms with Crippen molar-refractivity contribution in [1.82, 2.24) is 29.4 Å². The third-order valence-electron chi connectivity index (χ3n) is 5.09. The highest BCUT2D eigenvalue weighted by Gasteiger charge is 2.19. The minimum atomic E-state index is 0.398. The molecule has 0 amide bonds. The molecule has 27 heavy (non-hydrogen) atoms. The van der Waals surface area contributed by atoms with Gasteiger partial charge in [-0.2, -0.15) is 5.10 Å². The van der Waals surface area contributed by atoms with Crippen molar-refractivity contribution in [2.45, 2.75) is 20.5 Å². The molecule has 3 heterocycles. The van der Waals surface area contributed by atoms with Gasteiger partial charge in [-0.25, -0.2) is 9.36 Å². The van der Waals surface area contributed by atoms with Crippen molar-refractivity contribution >= 4 is 12.2 Å². The van der Waals surface area contributed by atoms with E-state index in [1.165, 1.54) is 0 Å². The van der Waals surface area contributed by atoms with Crippen LogP contribution in [0.2, 0.25) is 0 Å². The average molecular weight is 385 g/mol. The van der Waals surface area contributed by atoms with Crippen LogP contribution in [0.5, 0.6) is 0 Å². The van der Waals surface area contributed by atoms with Gasteiger partial charge in [0.25, 0.3) is 4.84 Å². The second-order valence-corrected chi connectivity index (χ2v) is 7.11. The molecule has 2 aromatic heterocycles. The molecule has 1 aliphatic rings. The summed E-state index contributed by atoms with van der Waals surface area (Å²) in [5.74, 6) is 0.520. The Morgan fingerprint density at radius 3 is 2.48 bits per heavy atom. The van der Waals surface area contributed by atoms with Gasteiger partial charge in [0.1, 0.15) is 0 Å². The highest BCUT2D eigenvalue weighted by Crippen LogP contribution is 2.24. The number of rotatable bonds is 5. The molecule has 0 unspecified atom stereocenters. The van der Waals surface area contributed by atoms with Crippen LogP contribution in [-0.2, 0) is 6.67 Å². The van der Waals surface area contributed by atoms with Crippen LogP contribution in [0.4, 0.5) is 0 Å². The van der Waals surface area contributed by atoms with E-state index in [9.17, 15) is 0 Å². The van der Waals surface area contributed by atoms with Crippen LogP contribution < -0.4 is 0 Å². The Morgan fingerprint density at radius 2 is 1.78 bits per heavy atom. The fraction of sp³-hybridized carbons (Fsp3) is 0.421. The summed E-state index contributed by atoms with van der Waals surface area (Å²) in [5.41, 5.74) is 2.84. The van der Waals surface area contributed by atoms with Gasteiger partial charge in [-0.3, -0.25) is 4.90 Å². The van der Waals surface area contributed by atoms with Crippen molar-refractivity contribution in [1.29, 1.82) is 0 Å². The number of benzene rings is 1. The fourth-order valence-electron chi connectivity index (χ4n) is 3.39. The van der Waals surface area contributed by atoms with Crippen molar-refractivity contribution in [2.24, 2.45) is 0 Å². The minimum Gasteiger partial charge on any atom is -0.409 e. The van der Waals surface area contributed by atoms with Crippen LogP contribution in [0.3, 0.4) is 0 Å². The second-order valence-electron chi connectivity index (χ2n) is 6.76. The van der Waals surface area contributed by atoms with E-state index in [2.05, 4.69) is 26.9 Å². The zero-order chi connectivity index (χ0) is 18.8. The van der Waals surface area contributed by atoms with Gasteiger partial charge in [-0.05, 0) is 37.8 Å². The molecule has 4 rings (SSSR count). The SMILES string of the molecule is CCN1CCN(Cn2nc(-c3cnn(-c4ccccc4)c3C)oc2=S)CC1. The molecule has 1 saturated heterocycles. The highest BCUT2D eigenvalue weighted by molar-refractivity contribution is 7.71. The minimum absolute atomic E-state index is 0.398. The number of hydrogen-bond donors (Lipinski definition) is 0. The summed E-state index contributed by atoms with van der Waals surface area (Å²) >= 11 is 5.40. The number of nitrogens with zero attached hydrogens (tertiary/aromatic N) is 6. The molecule has 1 aromatic carbocycles. The quantitative estimate of drug-likeness (QED) is 0.631. The Hall–Kier alpha value is -2.29. The van der Waals surface area contributed by atoms with Crippen molar-refractivity contribution in [3.8, 4) is 17.1 Å². The molecule has 0 spiro atoms. The molecule has 1 fully saturated rings. The molecule has 0 bridgehead atoms. The second kappa shape index (κ2) is 7.75. The topological polar surface area (TPSA) is 55.3 Å². The predicted molar refractivity (Wildman–Crippen MR) is 106 cm³/mol. The average Bonchev–Trinajstić information content (AvgIpc) is 3.25. The Morgan fingerprint density at radius 1 is 1.07 bits per heavy atom. The summed E-state index contributed by atoms with van der Waals surface area (Å²) in [6.07, 6.45) is 1.79. The standard InChI is InChI=1S/C19H24N6OS/c1-3-22-9-11-23(12-10-22)14-24-19(27)26-18(21-24)17-13-20-25(15(17)2)16-7-5-4-6-8-16/h4-8,13H,3,9-12,14H2,1-2H3. The normalized spacial score (nSPS) is 16.1. The first-order valence-electron chi connectivity index (χ1n) is 9.29. The van der Waals surface area contributed by atoms with E-state index in [0.717, 1.165) is 49.7 Å². The van der Waals surface area contributed by atoms with E-state index in [1.807, 2.05) is 41.9 Å². The lowest BCUT2D eigenvalue weighted by atomic mass is 10.2. The molecular weight excluding hydrogens is 360 g/mol. The summed E-state index contributed by atoms with van der Waals surface area (Å²) in [7, 11) is 0. The highest BCUT2D eigenvalue weighted by atomic mass is 32.1. The Balaban J connectivity index is 1.54. The first kappa shape index (κ1) is 18.1.